The van der Waals surface area contributed by atoms with Crippen LogP contribution in [0.2, 0.25) is 0 Å². The van der Waals surface area contributed by atoms with Crippen molar-refractivity contribution < 1.29 is 14.3 Å². The molecule has 1 aliphatic heterocycles. The summed E-state index contributed by atoms with van der Waals surface area (Å²) in [7, 11) is 0. The minimum atomic E-state index is -0.253. The average molecular weight is 287 g/mol. The van der Waals surface area contributed by atoms with E-state index in [9.17, 15) is 9.59 Å². The van der Waals surface area contributed by atoms with Crippen molar-refractivity contribution in [3.63, 3.8) is 0 Å². The van der Waals surface area contributed by atoms with Gasteiger partial charge in [-0.05, 0) is 6.92 Å². The first-order valence-corrected chi connectivity index (χ1v) is 6.84. The summed E-state index contributed by atoms with van der Waals surface area (Å²) in [5.74, 6) is 0.471. The van der Waals surface area contributed by atoms with Crippen molar-refractivity contribution in [1.29, 1.82) is 0 Å². The molecule has 0 unspecified atom stereocenters. The third-order valence-corrected chi connectivity index (χ3v) is 3.00. The SMILES string of the molecule is C.CC(=O)C(C)(C)C.CC(C)(C)C(=O)N1CCOCC1. The number of Topliss-reactive ketones (excluding diaryl/α,β-unsaturated/α-hetero) is 1. The summed E-state index contributed by atoms with van der Waals surface area (Å²) >= 11 is 0. The van der Waals surface area contributed by atoms with Gasteiger partial charge in [-0.2, -0.15) is 0 Å². The predicted octanol–water partition coefficient (Wildman–Crippen LogP) is 3.15. The molecule has 0 radical (unpaired) electrons. The second kappa shape index (κ2) is 8.40. The lowest BCUT2D eigenvalue weighted by Crippen LogP contribution is -2.45. The lowest BCUT2D eigenvalue weighted by Gasteiger charge is -2.32. The van der Waals surface area contributed by atoms with Gasteiger partial charge in [0.2, 0.25) is 5.91 Å². The molecule has 1 fully saturated rings. The number of rotatable bonds is 0. The van der Waals surface area contributed by atoms with Gasteiger partial charge in [-0.25, -0.2) is 0 Å². The summed E-state index contributed by atoms with van der Waals surface area (Å²) in [5.41, 5.74) is -0.392. The zero-order chi connectivity index (χ0) is 15.3. The zero-order valence-electron chi connectivity index (χ0n) is 13.5. The molecule has 1 rings (SSSR count). The Balaban J connectivity index is 0. The Kier molecular flexibility index (Phi) is 8.99. The zero-order valence-corrected chi connectivity index (χ0v) is 13.5. The molecule has 120 valence electrons. The quantitative estimate of drug-likeness (QED) is 0.687. The molecule has 0 aromatic rings. The fraction of sp³-hybridized carbons (Fsp3) is 0.875. The summed E-state index contributed by atoms with van der Waals surface area (Å²) < 4.78 is 5.17. The Morgan fingerprint density at radius 1 is 0.900 bits per heavy atom. The fourth-order valence-corrected chi connectivity index (χ4v) is 1.24. The van der Waals surface area contributed by atoms with Crippen molar-refractivity contribution in [3.05, 3.63) is 0 Å². The number of morpholine rings is 1. The van der Waals surface area contributed by atoms with E-state index in [0.717, 1.165) is 13.1 Å². The molecule has 20 heavy (non-hydrogen) atoms. The van der Waals surface area contributed by atoms with Gasteiger partial charge in [0.15, 0.2) is 0 Å². The Hall–Kier alpha value is -0.900. The van der Waals surface area contributed by atoms with Crippen molar-refractivity contribution in [3.8, 4) is 0 Å². The summed E-state index contributed by atoms with van der Waals surface area (Å²) in [6.07, 6.45) is 0. The van der Waals surface area contributed by atoms with Gasteiger partial charge in [-0.15, -0.1) is 0 Å². The lowest BCUT2D eigenvalue weighted by molar-refractivity contribution is -0.143. The highest BCUT2D eigenvalue weighted by molar-refractivity contribution is 5.81. The number of nitrogens with zero attached hydrogens (tertiary/aromatic N) is 1. The van der Waals surface area contributed by atoms with Crippen LogP contribution in [0.15, 0.2) is 0 Å². The van der Waals surface area contributed by atoms with E-state index < -0.39 is 0 Å². The molecular formula is C16H33NO3. The Labute approximate surface area is 124 Å². The molecular weight excluding hydrogens is 254 g/mol. The van der Waals surface area contributed by atoms with Crippen molar-refractivity contribution in [2.24, 2.45) is 10.8 Å². The highest BCUT2D eigenvalue weighted by atomic mass is 16.5. The lowest BCUT2D eigenvalue weighted by atomic mass is 9.92. The maximum absolute atomic E-state index is 11.7. The Morgan fingerprint density at radius 2 is 1.25 bits per heavy atom. The number of ketones is 1. The highest BCUT2D eigenvalue weighted by Crippen LogP contribution is 2.17. The molecule has 0 aromatic carbocycles. The normalized spacial score (nSPS) is 15.7. The van der Waals surface area contributed by atoms with E-state index in [4.69, 9.17) is 4.74 Å². The van der Waals surface area contributed by atoms with Crippen molar-refractivity contribution >= 4 is 11.7 Å². The molecule has 0 aliphatic carbocycles. The highest BCUT2D eigenvalue weighted by Gasteiger charge is 2.27. The van der Waals surface area contributed by atoms with Crippen molar-refractivity contribution in [2.45, 2.75) is 55.9 Å². The number of carbonyl (C=O) groups is 2. The van der Waals surface area contributed by atoms with Crippen LogP contribution in [-0.4, -0.2) is 42.9 Å². The van der Waals surface area contributed by atoms with E-state index in [1.54, 1.807) is 6.92 Å². The minimum absolute atomic E-state index is 0. The molecule has 4 nitrogen and oxygen atoms in total. The number of hydrogen-bond acceptors (Lipinski definition) is 3. The number of amides is 1. The van der Waals surface area contributed by atoms with Crippen LogP contribution < -0.4 is 0 Å². The molecule has 0 spiro atoms. The summed E-state index contributed by atoms with van der Waals surface area (Å²) in [6, 6.07) is 0. The average Bonchev–Trinajstić information content (AvgIpc) is 2.27. The minimum Gasteiger partial charge on any atom is -0.378 e. The van der Waals surface area contributed by atoms with E-state index in [0.29, 0.717) is 13.2 Å². The monoisotopic (exact) mass is 287 g/mol. The molecule has 0 saturated carbocycles. The van der Waals surface area contributed by atoms with Crippen LogP contribution >= 0.6 is 0 Å². The van der Waals surface area contributed by atoms with Gasteiger partial charge in [0.1, 0.15) is 5.78 Å². The molecule has 0 atom stereocenters. The van der Waals surface area contributed by atoms with Gasteiger partial charge in [0.25, 0.3) is 0 Å². The Bertz CT molecular complexity index is 305. The van der Waals surface area contributed by atoms with Gasteiger partial charge in [-0.1, -0.05) is 49.0 Å². The van der Waals surface area contributed by atoms with E-state index in [1.807, 2.05) is 46.4 Å². The summed E-state index contributed by atoms with van der Waals surface area (Å²) in [5, 5.41) is 0. The molecule has 4 heteroatoms. The first-order valence-electron chi connectivity index (χ1n) is 6.84. The number of ether oxygens (including phenoxy) is 1. The van der Waals surface area contributed by atoms with Crippen LogP contribution in [0.3, 0.4) is 0 Å². The molecule has 0 bridgehead atoms. The first kappa shape index (κ1) is 21.4. The largest absolute Gasteiger partial charge is 0.378 e. The van der Waals surface area contributed by atoms with Crippen molar-refractivity contribution in [2.75, 3.05) is 26.3 Å². The topological polar surface area (TPSA) is 46.6 Å². The smallest absolute Gasteiger partial charge is 0.228 e. The van der Waals surface area contributed by atoms with Crippen LogP contribution in [0.5, 0.6) is 0 Å². The maximum atomic E-state index is 11.7. The third kappa shape index (κ3) is 8.31. The molecule has 0 aromatic heterocycles. The second-order valence-corrected chi connectivity index (χ2v) is 6.96. The van der Waals surface area contributed by atoms with Crippen LogP contribution in [0.25, 0.3) is 0 Å². The van der Waals surface area contributed by atoms with Gasteiger partial charge < -0.3 is 9.64 Å². The first-order chi connectivity index (χ1) is 8.46. The third-order valence-electron chi connectivity index (χ3n) is 3.00. The van der Waals surface area contributed by atoms with Crippen molar-refractivity contribution in [1.82, 2.24) is 4.90 Å². The van der Waals surface area contributed by atoms with Gasteiger partial charge >= 0.3 is 0 Å². The van der Waals surface area contributed by atoms with Gasteiger partial charge in [0, 0.05) is 23.9 Å². The summed E-state index contributed by atoms with van der Waals surface area (Å²) in [4.78, 5) is 24.0. The van der Waals surface area contributed by atoms with Gasteiger partial charge in [0.05, 0.1) is 13.2 Å². The summed E-state index contributed by atoms with van der Waals surface area (Å²) in [6.45, 7) is 16.1. The predicted molar refractivity (Wildman–Crippen MR) is 83.7 cm³/mol. The molecule has 1 saturated heterocycles. The fourth-order valence-electron chi connectivity index (χ4n) is 1.24. The molecule has 1 heterocycles. The molecule has 1 amide bonds. The van der Waals surface area contributed by atoms with E-state index in [-0.39, 0.29) is 29.9 Å². The van der Waals surface area contributed by atoms with Gasteiger partial charge in [-0.3, -0.25) is 9.59 Å². The second-order valence-electron chi connectivity index (χ2n) is 6.96. The maximum Gasteiger partial charge on any atom is 0.228 e. The van der Waals surface area contributed by atoms with E-state index >= 15 is 0 Å². The van der Waals surface area contributed by atoms with Crippen LogP contribution in [0.1, 0.15) is 55.9 Å². The number of hydrogen-bond donors (Lipinski definition) is 0. The van der Waals surface area contributed by atoms with Crippen LogP contribution in [-0.2, 0) is 14.3 Å². The standard InChI is InChI=1S/C9H17NO2.C6H12O.CH4/c1-9(2,3)8(11)10-4-6-12-7-5-10;1-5(7)6(2,3)4;/h4-7H2,1-3H3;1-4H3;1H4. The molecule has 1 aliphatic rings. The number of carbonyl (C=O) groups excluding carboxylic acids is 2. The van der Waals surface area contributed by atoms with E-state index in [2.05, 4.69) is 0 Å². The Morgan fingerprint density at radius 3 is 1.50 bits per heavy atom. The molecule has 0 N–H and O–H groups in total. The van der Waals surface area contributed by atoms with E-state index in [1.165, 1.54) is 0 Å². The van der Waals surface area contributed by atoms with Crippen LogP contribution in [0.4, 0.5) is 0 Å². The van der Waals surface area contributed by atoms with Crippen LogP contribution in [0, 0.1) is 10.8 Å².